The minimum Gasteiger partial charge on any atom is -0.494 e. The fourth-order valence-electron chi connectivity index (χ4n) is 1.56. The van der Waals surface area contributed by atoms with Gasteiger partial charge in [0.05, 0.1) is 13.7 Å². The van der Waals surface area contributed by atoms with E-state index in [0.29, 0.717) is 11.6 Å². The van der Waals surface area contributed by atoms with E-state index in [9.17, 15) is 4.79 Å². The Hall–Kier alpha value is -2.30. The van der Waals surface area contributed by atoms with Gasteiger partial charge >= 0.3 is 0 Å². The number of nitrogens with two attached hydrogens (primary N) is 1. The van der Waals surface area contributed by atoms with E-state index in [4.69, 9.17) is 10.5 Å². The van der Waals surface area contributed by atoms with E-state index in [2.05, 4.69) is 10.3 Å². The van der Waals surface area contributed by atoms with Crippen LogP contribution in [0.5, 0.6) is 5.75 Å². The minimum absolute atomic E-state index is 0.0632. The molecule has 0 saturated heterocycles. The number of anilines is 1. The molecule has 1 heterocycles. The van der Waals surface area contributed by atoms with Crippen LogP contribution in [0.3, 0.4) is 0 Å². The van der Waals surface area contributed by atoms with Crippen molar-refractivity contribution in [2.24, 2.45) is 5.73 Å². The summed E-state index contributed by atoms with van der Waals surface area (Å²) in [5.74, 6) is 0.873. The van der Waals surface area contributed by atoms with Crippen molar-refractivity contribution in [2.75, 3.05) is 19.0 Å². The molecule has 0 aliphatic carbocycles. The summed E-state index contributed by atoms with van der Waals surface area (Å²) in [6.45, 7) is 0.0632. The molecule has 2 rings (SSSR count). The number of primary amides is 1. The molecule has 0 fully saturated rings. The van der Waals surface area contributed by atoms with Crippen LogP contribution in [0.2, 0.25) is 0 Å². The lowest BCUT2D eigenvalue weighted by Gasteiger charge is -2.07. The zero-order valence-electron chi connectivity index (χ0n) is 9.43. The Balaban J connectivity index is 2.37. The topological polar surface area (TPSA) is 77.2 Å². The van der Waals surface area contributed by atoms with Gasteiger partial charge in [-0.3, -0.25) is 4.79 Å². The molecule has 1 aromatic heterocycles. The maximum Gasteiger partial charge on any atom is 0.236 e. The van der Waals surface area contributed by atoms with Crippen molar-refractivity contribution in [1.29, 1.82) is 0 Å². The Morgan fingerprint density at radius 3 is 2.94 bits per heavy atom. The molecule has 0 unspecified atom stereocenters. The van der Waals surface area contributed by atoms with Gasteiger partial charge in [-0.15, -0.1) is 0 Å². The van der Waals surface area contributed by atoms with Crippen molar-refractivity contribution in [1.82, 2.24) is 4.98 Å². The average molecular weight is 231 g/mol. The molecular formula is C12H13N3O2. The Labute approximate surface area is 98.6 Å². The average Bonchev–Trinajstić information content (AvgIpc) is 2.35. The van der Waals surface area contributed by atoms with Crippen LogP contribution in [0.25, 0.3) is 10.9 Å². The summed E-state index contributed by atoms with van der Waals surface area (Å²) in [6.07, 6.45) is 0. The first kappa shape index (κ1) is 11.2. The molecule has 5 heteroatoms. The highest BCUT2D eigenvalue weighted by Crippen LogP contribution is 2.24. The lowest BCUT2D eigenvalue weighted by molar-refractivity contribution is -0.116. The number of amides is 1. The number of hydrogen-bond acceptors (Lipinski definition) is 4. The van der Waals surface area contributed by atoms with Crippen LogP contribution >= 0.6 is 0 Å². The van der Waals surface area contributed by atoms with Crippen LogP contribution in [0.4, 0.5) is 5.82 Å². The van der Waals surface area contributed by atoms with E-state index >= 15 is 0 Å². The van der Waals surface area contributed by atoms with Crippen molar-refractivity contribution in [3.05, 3.63) is 30.3 Å². The maximum atomic E-state index is 10.7. The zero-order chi connectivity index (χ0) is 12.3. The second kappa shape index (κ2) is 4.69. The number of methoxy groups -OCH3 is 1. The van der Waals surface area contributed by atoms with E-state index in [1.807, 2.05) is 24.3 Å². The smallest absolute Gasteiger partial charge is 0.236 e. The molecule has 0 atom stereocenters. The van der Waals surface area contributed by atoms with E-state index in [1.54, 1.807) is 13.2 Å². The Morgan fingerprint density at radius 1 is 1.41 bits per heavy atom. The Kier molecular flexibility index (Phi) is 3.09. The van der Waals surface area contributed by atoms with Gasteiger partial charge in [0.1, 0.15) is 17.1 Å². The van der Waals surface area contributed by atoms with Gasteiger partial charge in [0.2, 0.25) is 5.91 Å². The number of carbonyl (C=O) groups excluding carboxylic acids is 1. The van der Waals surface area contributed by atoms with Gasteiger partial charge in [-0.05, 0) is 18.2 Å². The lowest BCUT2D eigenvalue weighted by atomic mass is 10.2. The van der Waals surface area contributed by atoms with Crippen LogP contribution in [0, 0.1) is 0 Å². The molecule has 1 aromatic carbocycles. The summed E-state index contributed by atoms with van der Waals surface area (Å²) < 4.78 is 5.23. The van der Waals surface area contributed by atoms with Crippen LogP contribution in [-0.2, 0) is 4.79 Å². The fraction of sp³-hybridized carbons (Fsp3) is 0.167. The fourth-order valence-corrected chi connectivity index (χ4v) is 1.56. The lowest BCUT2D eigenvalue weighted by Crippen LogP contribution is -2.22. The summed E-state index contributed by atoms with van der Waals surface area (Å²) in [5, 5.41) is 3.83. The molecule has 5 nitrogen and oxygen atoms in total. The van der Waals surface area contributed by atoms with E-state index < -0.39 is 5.91 Å². The number of hydrogen-bond donors (Lipinski definition) is 2. The quantitative estimate of drug-likeness (QED) is 0.827. The molecule has 0 aliphatic heterocycles. The van der Waals surface area contributed by atoms with E-state index in [0.717, 1.165) is 10.9 Å². The number of pyridine rings is 1. The Bertz CT molecular complexity index is 554. The number of benzene rings is 1. The largest absolute Gasteiger partial charge is 0.494 e. The van der Waals surface area contributed by atoms with Gasteiger partial charge in [-0.1, -0.05) is 12.1 Å². The summed E-state index contributed by atoms with van der Waals surface area (Å²) in [7, 11) is 1.60. The molecule has 0 bridgehead atoms. The maximum absolute atomic E-state index is 10.7. The summed E-state index contributed by atoms with van der Waals surface area (Å²) in [4.78, 5) is 15.0. The monoisotopic (exact) mass is 231 g/mol. The van der Waals surface area contributed by atoms with Gasteiger partial charge in [0.15, 0.2) is 0 Å². The first-order valence-electron chi connectivity index (χ1n) is 5.16. The van der Waals surface area contributed by atoms with Crippen molar-refractivity contribution in [3.8, 4) is 5.75 Å². The van der Waals surface area contributed by atoms with E-state index in [-0.39, 0.29) is 6.54 Å². The van der Waals surface area contributed by atoms with Crippen molar-refractivity contribution >= 4 is 22.6 Å². The van der Waals surface area contributed by atoms with Crippen LogP contribution in [0.1, 0.15) is 0 Å². The Morgan fingerprint density at radius 2 is 2.24 bits per heavy atom. The number of carbonyl (C=O) groups is 1. The molecule has 0 spiro atoms. The van der Waals surface area contributed by atoms with Gasteiger partial charge in [-0.2, -0.15) is 0 Å². The predicted molar refractivity (Wildman–Crippen MR) is 66.0 cm³/mol. The van der Waals surface area contributed by atoms with Gasteiger partial charge < -0.3 is 15.8 Å². The van der Waals surface area contributed by atoms with E-state index in [1.165, 1.54) is 0 Å². The second-order valence-corrected chi connectivity index (χ2v) is 3.55. The molecule has 0 saturated carbocycles. The third-order valence-corrected chi connectivity index (χ3v) is 2.35. The van der Waals surface area contributed by atoms with Gasteiger partial charge in [0.25, 0.3) is 0 Å². The molecule has 2 aromatic rings. The highest BCUT2D eigenvalue weighted by atomic mass is 16.5. The number of nitrogens with zero attached hydrogens (tertiary/aromatic N) is 1. The zero-order valence-corrected chi connectivity index (χ0v) is 9.43. The molecule has 17 heavy (non-hydrogen) atoms. The highest BCUT2D eigenvalue weighted by molar-refractivity contribution is 5.86. The molecule has 3 N–H and O–H groups in total. The van der Waals surface area contributed by atoms with Crippen LogP contribution < -0.4 is 15.8 Å². The highest BCUT2D eigenvalue weighted by Gasteiger charge is 2.04. The second-order valence-electron chi connectivity index (χ2n) is 3.55. The first-order valence-corrected chi connectivity index (χ1v) is 5.16. The number of nitrogens with one attached hydrogen (secondary N) is 1. The predicted octanol–water partition coefficient (Wildman–Crippen LogP) is 1.14. The number of fused-ring (bicyclic) bond motifs is 1. The minimum atomic E-state index is -0.424. The SMILES string of the molecule is COc1cccc2ccc(NCC(N)=O)nc12. The number of ether oxygens (including phenoxy) is 1. The number of para-hydroxylation sites is 1. The summed E-state index contributed by atoms with van der Waals surface area (Å²) >= 11 is 0. The van der Waals surface area contributed by atoms with Crippen molar-refractivity contribution in [3.63, 3.8) is 0 Å². The number of aromatic nitrogens is 1. The summed E-state index contributed by atoms with van der Waals surface area (Å²) in [6, 6.07) is 9.40. The van der Waals surface area contributed by atoms with Gasteiger partial charge in [0, 0.05) is 5.39 Å². The standard InChI is InChI=1S/C12H13N3O2/c1-17-9-4-2-3-8-5-6-11(15-12(8)9)14-7-10(13)16/h2-6H,7H2,1H3,(H2,13,16)(H,14,15). The molecule has 0 radical (unpaired) electrons. The molecule has 1 amide bonds. The number of rotatable bonds is 4. The third-order valence-electron chi connectivity index (χ3n) is 2.35. The molecule has 88 valence electrons. The molecular weight excluding hydrogens is 218 g/mol. The third kappa shape index (κ3) is 2.44. The van der Waals surface area contributed by atoms with Crippen LogP contribution in [-0.4, -0.2) is 24.5 Å². The molecule has 0 aliphatic rings. The van der Waals surface area contributed by atoms with Crippen molar-refractivity contribution in [2.45, 2.75) is 0 Å². The van der Waals surface area contributed by atoms with Gasteiger partial charge in [-0.25, -0.2) is 4.98 Å². The first-order chi connectivity index (χ1) is 8.20. The normalized spacial score (nSPS) is 10.2. The van der Waals surface area contributed by atoms with Crippen LogP contribution in [0.15, 0.2) is 30.3 Å². The summed E-state index contributed by atoms with van der Waals surface area (Å²) in [5.41, 5.74) is 5.81. The van der Waals surface area contributed by atoms with Crippen molar-refractivity contribution < 1.29 is 9.53 Å².